The molecule has 0 saturated heterocycles. The molecule has 26 heavy (non-hydrogen) atoms. The minimum atomic E-state index is -3.31. The molecule has 0 fully saturated rings. The molecule has 2 aliphatic rings. The Bertz CT molecular complexity index is 786. The molecule has 0 unspecified atom stereocenters. The fourth-order valence-corrected chi connectivity index (χ4v) is 4.64. The van der Waals surface area contributed by atoms with Gasteiger partial charge in [-0.05, 0) is 50.2 Å². The van der Waals surface area contributed by atoms with Crippen molar-refractivity contribution in [2.45, 2.75) is 44.9 Å². The average Bonchev–Trinajstić information content (AvgIpc) is 3.05. The lowest BCUT2D eigenvalue weighted by Gasteiger charge is -2.23. The number of rotatable bonds is 7. The monoisotopic (exact) mass is 376 g/mol. The standard InChI is InChI=1S/C20H28N2O3S/c1-26(24,25)21(14-11-17-7-3-2-4-8-17)15-13-20(23)22-16-12-18-9-5-6-10-19(18)22/h5-7,9-10H,2-4,8,11-16H2,1H3. The highest BCUT2D eigenvalue weighted by Gasteiger charge is 2.25. The van der Waals surface area contributed by atoms with Crippen molar-refractivity contribution in [3.8, 4) is 0 Å². The van der Waals surface area contributed by atoms with Crippen molar-refractivity contribution in [1.29, 1.82) is 0 Å². The fourth-order valence-electron chi connectivity index (χ4n) is 3.80. The lowest BCUT2D eigenvalue weighted by Crippen LogP contribution is -2.36. The van der Waals surface area contributed by atoms with Crippen LogP contribution < -0.4 is 4.90 Å². The highest BCUT2D eigenvalue weighted by molar-refractivity contribution is 7.88. The van der Waals surface area contributed by atoms with Crippen molar-refractivity contribution in [1.82, 2.24) is 4.31 Å². The maximum Gasteiger partial charge on any atom is 0.228 e. The predicted octanol–water partition coefficient (Wildman–Crippen LogP) is 3.12. The Hall–Kier alpha value is -1.66. The summed E-state index contributed by atoms with van der Waals surface area (Å²) in [4.78, 5) is 14.4. The van der Waals surface area contributed by atoms with E-state index in [4.69, 9.17) is 0 Å². The van der Waals surface area contributed by atoms with Gasteiger partial charge >= 0.3 is 0 Å². The third kappa shape index (κ3) is 4.74. The number of carbonyl (C=O) groups excluding carboxylic acids is 1. The summed E-state index contributed by atoms with van der Waals surface area (Å²) >= 11 is 0. The summed E-state index contributed by atoms with van der Waals surface area (Å²) in [6.45, 7) is 1.40. The molecule has 0 saturated carbocycles. The maximum absolute atomic E-state index is 12.6. The van der Waals surface area contributed by atoms with Gasteiger partial charge in [0.2, 0.25) is 15.9 Å². The van der Waals surface area contributed by atoms with Gasteiger partial charge in [-0.15, -0.1) is 0 Å². The molecule has 0 aromatic heterocycles. The van der Waals surface area contributed by atoms with Gasteiger partial charge in [0.25, 0.3) is 0 Å². The Morgan fingerprint density at radius 1 is 1.15 bits per heavy atom. The van der Waals surface area contributed by atoms with Gasteiger partial charge in [-0.3, -0.25) is 4.79 Å². The molecular formula is C20H28N2O3S. The number of para-hydroxylation sites is 1. The number of allylic oxidation sites excluding steroid dienone is 1. The largest absolute Gasteiger partial charge is 0.312 e. The summed E-state index contributed by atoms with van der Waals surface area (Å²) in [5.41, 5.74) is 3.51. The summed E-state index contributed by atoms with van der Waals surface area (Å²) in [6.07, 6.45) is 9.93. The van der Waals surface area contributed by atoms with E-state index in [0.29, 0.717) is 13.1 Å². The molecule has 142 valence electrons. The van der Waals surface area contributed by atoms with Crippen LogP contribution in [-0.2, 0) is 21.2 Å². The van der Waals surface area contributed by atoms with Crippen LogP contribution in [0.2, 0.25) is 0 Å². The lowest BCUT2D eigenvalue weighted by molar-refractivity contribution is -0.118. The predicted molar refractivity (Wildman–Crippen MR) is 105 cm³/mol. The van der Waals surface area contributed by atoms with Crippen LogP contribution in [0.4, 0.5) is 5.69 Å². The third-order valence-corrected chi connectivity index (χ3v) is 6.60. The average molecular weight is 377 g/mol. The normalized spacial score (nSPS) is 17.3. The Morgan fingerprint density at radius 3 is 2.69 bits per heavy atom. The van der Waals surface area contributed by atoms with Crippen molar-refractivity contribution in [3.63, 3.8) is 0 Å². The topological polar surface area (TPSA) is 57.7 Å². The van der Waals surface area contributed by atoms with E-state index in [1.54, 1.807) is 4.90 Å². The highest BCUT2D eigenvalue weighted by Crippen LogP contribution is 2.28. The molecule has 1 amide bonds. The first kappa shape index (κ1) is 19.1. The zero-order chi connectivity index (χ0) is 18.6. The molecule has 1 aliphatic heterocycles. The van der Waals surface area contributed by atoms with Crippen LogP contribution in [0.15, 0.2) is 35.9 Å². The minimum absolute atomic E-state index is 0.000446. The molecule has 1 aromatic rings. The fraction of sp³-hybridized carbons (Fsp3) is 0.550. The van der Waals surface area contributed by atoms with Gasteiger partial charge < -0.3 is 4.90 Å². The number of anilines is 1. The second-order valence-electron chi connectivity index (χ2n) is 7.19. The summed E-state index contributed by atoms with van der Waals surface area (Å²) in [5.74, 6) is 0.000446. The van der Waals surface area contributed by atoms with Crippen LogP contribution in [0, 0.1) is 0 Å². The van der Waals surface area contributed by atoms with Crippen LogP contribution in [0.25, 0.3) is 0 Å². The van der Waals surface area contributed by atoms with Crippen LogP contribution in [0.1, 0.15) is 44.1 Å². The molecule has 1 aliphatic carbocycles. The molecule has 0 N–H and O–H groups in total. The van der Waals surface area contributed by atoms with Crippen molar-refractivity contribution in [2.75, 3.05) is 30.8 Å². The Balaban J connectivity index is 1.57. The number of hydrogen-bond donors (Lipinski definition) is 0. The number of nitrogens with zero attached hydrogens (tertiary/aromatic N) is 2. The van der Waals surface area contributed by atoms with Crippen LogP contribution in [0.5, 0.6) is 0 Å². The van der Waals surface area contributed by atoms with E-state index in [9.17, 15) is 13.2 Å². The number of hydrogen-bond acceptors (Lipinski definition) is 3. The molecule has 3 rings (SSSR count). The molecule has 1 aromatic carbocycles. The molecule has 6 heteroatoms. The second kappa shape index (κ2) is 8.35. The summed E-state index contributed by atoms with van der Waals surface area (Å²) in [5, 5.41) is 0. The molecule has 0 atom stereocenters. The zero-order valence-corrected chi connectivity index (χ0v) is 16.3. The number of carbonyl (C=O) groups is 1. The Morgan fingerprint density at radius 2 is 1.96 bits per heavy atom. The van der Waals surface area contributed by atoms with Gasteiger partial charge in [0.1, 0.15) is 0 Å². The SMILES string of the molecule is CS(=O)(=O)N(CCC(=O)N1CCc2ccccc21)CCC1=CCCCC1. The van der Waals surface area contributed by atoms with Gasteiger partial charge in [0, 0.05) is 31.7 Å². The number of amides is 1. The quantitative estimate of drug-likeness (QED) is 0.687. The van der Waals surface area contributed by atoms with E-state index >= 15 is 0 Å². The number of benzene rings is 1. The van der Waals surface area contributed by atoms with Gasteiger partial charge in [0.15, 0.2) is 0 Å². The third-order valence-electron chi connectivity index (χ3n) is 5.30. The minimum Gasteiger partial charge on any atom is -0.312 e. The van der Waals surface area contributed by atoms with Crippen molar-refractivity contribution < 1.29 is 13.2 Å². The van der Waals surface area contributed by atoms with E-state index in [1.165, 1.54) is 34.5 Å². The molecule has 0 radical (unpaired) electrons. The van der Waals surface area contributed by atoms with Crippen molar-refractivity contribution in [2.24, 2.45) is 0 Å². The van der Waals surface area contributed by atoms with E-state index in [1.807, 2.05) is 24.3 Å². The number of fused-ring (bicyclic) bond motifs is 1. The molecule has 5 nitrogen and oxygen atoms in total. The molecule has 0 spiro atoms. The first-order valence-electron chi connectivity index (χ1n) is 9.46. The van der Waals surface area contributed by atoms with Gasteiger partial charge in [0.05, 0.1) is 6.26 Å². The molecular weight excluding hydrogens is 348 g/mol. The molecule has 1 heterocycles. The van der Waals surface area contributed by atoms with Gasteiger partial charge in [-0.1, -0.05) is 29.8 Å². The smallest absolute Gasteiger partial charge is 0.228 e. The van der Waals surface area contributed by atoms with Crippen molar-refractivity contribution in [3.05, 3.63) is 41.5 Å². The molecule has 0 bridgehead atoms. The second-order valence-corrected chi connectivity index (χ2v) is 9.18. The zero-order valence-electron chi connectivity index (χ0n) is 15.5. The maximum atomic E-state index is 12.6. The van der Waals surface area contributed by atoms with Gasteiger partial charge in [-0.25, -0.2) is 12.7 Å². The lowest BCUT2D eigenvalue weighted by atomic mass is 9.97. The van der Waals surface area contributed by atoms with E-state index in [-0.39, 0.29) is 18.9 Å². The number of sulfonamides is 1. The van der Waals surface area contributed by atoms with Crippen LogP contribution >= 0.6 is 0 Å². The van der Waals surface area contributed by atoms with E-state index < -0.39 is 10.0 Å². The van der Waals surface area contributed by atoms with E-state index in [2.05, 4.69) is 6.08 Å². The van der Waals surface area contributed by atoms with Crippen LogP contribution in [-0.4, -0.2) is 44.5 Å². The Kier molecular flexibility index (Phi) is 6.14. The van der Waals surface area contributed by atoms with Gasteiger partial charge in [-0.2, -0.15) is 0 Å². The van der Waals surface area contributed by atoms with E-state index in [0.717, 1.165) is 31.4 Å². The van der Waals surface area contributed by atoms with Crippen molar-refractivity contribution >= 4 is 21.6 Å². The first-order valence-corrected chi connectivity index (χ1v) is 11.3. The highest BCUT2D eigenvalue weighted by atomic mass is 32.2. The first-order chi connectivity index (χ1) is 12.4. The Labute approximate surface area is 156 Å². The summed E-state index contributed by atoms with van der Waals surface area (Å²) in [7, 11) is -3.31. The summed E-state index contributed by atoms with van der Waals surface area (Å²) in [6, 6.07) is 7.93. The summed E-state index contributed by atoms with van der Waals surface area (Å²) < 4.78 is 25.7. The van der Waals surface area contributed by atoms with Crippen LogP contribution in [0.3, 0.4) is 0 Å².